The van der Waals surface area contributed by atoms with Crippen molar-refractivity contribution in [2.24, 2.45) is 18.4 Å². The molecule has 1 aliphatic carbocycles. The number of likely N-dealkylation sites (tertiary alicyclic amines) is 1. The molecule has 0 radical (unpaired) electrons. The highest BCUT2D eigenvalue weighted by Crippen LogP contribution is 2.56. The van der Waals surface area contributed by atoms with Crippen LogP contribution in [0.25, 0.3) is 10.9 Å². The number of hydrogen-bond acceptors (Lipinski definition) is 5. The third-order valence-electron chi connectivity index (χ3n) is 9.39. The molecule has 1 aliphatic heterocycles. The zero-order chi connectivity index (χ0) is 29.4. The maximum absolute atomic E-state index is 13.0. The van der Waals surface area contributed by atoms with Crippen molar-refractivity contribution in [2.75, 3.05) is 13.7 Å². The van der Waals surface area contributed by atoms with Gasteiger partial charge in [0.1, 0.15) is 5.75 Å². The van der Waals surface area contributed by atoms with E-state index in [0.717, 1.165) is 61.2 Å². The van der Waals surface area contributed by atoms with Gasteiger partial charge in [0, 0.05) is 72.6 Å². The van der Waals surface area contributed by atoms with Crippen LogP contribution in [0.15, 0.2) is 65.7 Å². The number of amides is 1. The number of piperidine rings is 1. The Labute approximate surface area is 245 Å². The lowest BCUT2D eigenvalue weighted by Crippen LogP contribution is -2.48. The van der Waals surface area contributed by atoms with E-state index in [1.165, 1.54) is 27.1 Å². The molecule has 2 fully saturated rings. The second-order valence-electron chi connectivity index (χ2n) is 12.1. The first kappa shape index (κ1) is 27.8. The molecular weight excluding hydrogens is 526 g/mol. The van der Waals surface area contributed by atoms with Crippen molar-refractivity contribution in [3.63, 3.8) is 0 Å². The minimum Gasteiger partial charge on any atom is -0.496 e. The van der Waals surface area contributed by atoms with Crippen LogP contribution in [0.1, 0.15) is 64.3 Å². The largest absolute Gasteiger partial charge is 0.496 e. The molecule has 1 spiro atoms. The van der Waals surface area contributed by atoms with E-state index in [-0.39, 0.29) is 28.8 Å². The summed E-state index contributed by atoms with van der Waals surface area (Å²) in [6.45, 7) is 4.13. The highest BCUT2D eigenvalue weighted by Gasteiger charge is 2.49. The van der Waals surface area contributed by atoms with Crippen LogP contribution in [0.2, 0.25) is 0 Å². The molecule has 3 heterocycles. The maximum Gasteiger partial charge on any atom is 0.251 e. The zero-order valence-electron chi connectivity index (χ0n) is 24.4. The van der Waals surface area contributed by atoms with Crippen LogP contribution < -0.4 is 15.6 Å². The van der Waals surface area contributed by atoms with Crippen molar-refractivity contribution in [2.45, 2.75) is 51.7 Å². The third-order valence-corrected chi connectivity index (χ3v) is 9.39. The molecule has 6 rings (SSSR count). The van der Waals surface area contributed by atoms with Gasteiger partial charge in [-0.05, 0) is 85.5 Å². The van der Waals surface area contributed by atoms with E-state index in [9.17, 15) is 14.9 Å². The number of pyridine rings is 1. The molecule has 216 valence electrons. The fraction of sp³-hybridized carbons (Fsp3) is 0.382. The summed E-state index contributed by atoms with van der Waals surface area (Å²) < 4.78 is 7.37. The number of nitriles is 1. The number of nitrogens with zero attached hydrogens (tertiary/aromatic N) is 3. The van der Waals surface area contributed by atoms with E-state index in [4.69, 9.17) is 4.74 Å². The first-order valence-electron chi connectivity index (χ1n) is 14.6. The van der Waals surface area contributed by atoms with Crippen LogP contribution in [-0.4, -0.2) is 34.0 Å². The standard InChI is InChI=1S/C34H37N5O3/c1-22-14-30(42-3)28(27-10-12-36-32(22)27)21-39-13-11-34(15-24(16-34)18-35)17-29(39)25-5-7-26(8-6-25)33(41)37-19-23-4-9-31(40)38(2)20-23/h4-10,12,14,20,24,29,36H,11,13,15-17,19,21H2,1-3H3,(H,37,41)/t24?,29-,34?/m0/s1. The highest BCUT2D eigenvalue weighted by molar-refractivity contribution is 5.94. The summed E-state index contributed by atoms with van der Waals surface area (Å²) in [5.41, 5.74) is 6.24. The van der Waals surface area contributed by atoms with Crippen LogP contribution in [0.3, 0.4) is 0 Å². The van der Waals surface area contributed by atoms with E-state index in [2.05, 4.69) is 52.5 Å². The number of rotatable bonds is 7. The van der Waals surface area contributed by atoms with E-state index in [1.54, 1.807) is 26.4 Å². The molecule has 8 nitrogen and oxygen atoms in total. The lowest BCUT2D eigenvalue weighted by Gasteiger charge is -2.53. The molecule has 0 bridgehead atoms. The number of methoxy groups -OCH3 is 1. The molecule has 42 heavy (non-hydrogen) atoms. The lowest BCUT2D eigenvalue weighted by molar-refractivity contribution is -0.0298. The van der Waals surface area contributed by atoms with Crippen molar-refractivity contribution in [1.29, 1.82) is 5.26 Å². The molecular formula is C34H37N5O3. The molecule has 2 aliphatic rings. The summed E-state index contributed by atoms with van der Waals surface area (Å²) >= 11 is 0. The SMILES string of the molecule is COc1cc(C)c2[nH]ccc2c1CN1CCC2(CC(C#N)C2)C[C@H]1c1ccc(C(=O)NCc2ccc(=O)n(C)c2)cc1. The Morgan fingerprint density at radius 1 is 1.17 bits per heavy atom. The second-order valence-corrected chi connectivity index (χ2v) is 12.1. The van der Waals surface area contributed by atoms with Gasteiger partial charge < -0.3 is 19.6 Å². The van der Waals surface area contributed by atoms with E-state index in [0.29, 0.717) is 12.1 Å². The van der Waals surface area contributed by atoms with Gasteiger partial charge >= 0.3 is 0 Å². The minimum atomic E-state index is -0.150. The third kappa shape index (κ3) is 5.21. The number of aryl methyl sites for hydroxylation is 2. The van der Waals surface area contributed by atoms with Crippen LogP contribution in [-0.2, 0) is 20.1 Å². The van der Waals surface area contributed by atoms with Crippen LogP contribution in [0.4, 0.5) is 0 Å². The Bertz CT molecular complexity index is 1720. The summed E-state index contributed by atoms with van der Waals surface area (Å²) in [6.07, 6.45) is 7.74. The normalized spacial score (nSPS) is 22.0. The average Bonchev–Trinajstić information content (AvgIpc) is 3.49. The van der Waals surface area contributed by atoms with Crippen molar-refractivity contribution < 1.29 is 9.53 Å². The lowest BCUT2D eigenvalue weighted by atomic mass is 9.56. The van der Waals surface area contributed by atoms with E-state index < -0.39 is 0 Å². The second kappa shape index (κ2) is 11.1. The summed E-state index contributed by atoms with van der Waals surface area (Å²) in [5, 5.41) is 13.6. The van der Waals surface area contributed by atoms with Gasteiger partial charge in [-0.15, -0.1) is 0 Å². The van der Waals surface area contributed by atoms with Crippen molar-refractivity contribution in [3.05, 3.63) is 99.1 Å². The maximum atomic E-state index is 13.0. The van der Waals surface area contributed by atoms with Gasteiger partial charge in [0.25, 0.3) is 5.91 Å². The Hall–Kier alpha value is -4.35. The first-order chi connectivity index (χ1) is 20.3. The number of carbonyl (C=O) groups excluding carboxylic acids is 1. The fourth-order valence-electron chi connectivity index (χ4n) is 7.02. The van der Waals surface area contributed by atoms with Crippen LogP contribution in [0.5, 0.6) is 5.75 Å². The number of hydrogen-bond donors (Lipinski definition) is 2. The van der Waals surface area contributed by atoms with Gasteiger partial charge in [-0.25, -0.2) is 0 Å². The number of benzene rings is 2. The summed E-state index contributed by atoms with van der Waals surface area (Å²) in [7, 11) is 3.43. The van der Waals surface area contributed by atoms with Gasteiger partial charge in [-0.1, -0.05) is 18.2 Å². The first-order valence-corrected chi connectivity index (χ1v) is 14.6. The molecule has 8 heteroatoms. The predicted octanol–water partition coefficient (Wildman–Crippen LogP) is 5.37. The quantitative estimate of drug-likeness (QED) is 0.315. The van der Waals surface area contributed by atoms with Gasteiger partial charge in [0.2, 0.25) is 5.56 Å². The molecule has 4 aromatic rings. The molecule has 1 saturated heterocycles. The Balaban J connectivity index is 1.24. The Morgan fingerprint density at radius 3 is 2.67 bits per heavy atom. The number of ether oxygens (including phenoxy) is 1. The van der Waals surface area contributed by atoms with Gasteiger partial charge in [-0.3, -0.25) is 14.5 Å². The summed E-state index contributed by atoms with van der Waals surface area (Å²) in [4.78, 5) is 30.5. The van der Waals surface area contributed by atoms with Crippen molar-refractivity contribution in [3.8, 4) is 11.8 Å². The molecule has 1 saturated carbocycles. The van der Waals surface area contributed by atoms with Gasteiger partial charge in [0.15, 0.2) is 0 Å². The number of H-pyrrole nitrogens is 1. The monoisotopic (exact) mass is 563 g/mol. The molecule has 1 atom stereocenters. The number of aromatic amines is 1. The molecule has 2 N–H and O–H groups in total. The molecule has 2 aromatic heterocycles. The van der Waals surface area contributed by atoms with Crippen LogP contribution in [0, 0.1) is 29.6 Å². The molecule has 0 unspecified atom stereocenters. The Morgan fingerprint density at radius 2 is 1.95 bits per heavy atom. The van der Waals surface area contributed by atoms with Crippen molar-refractivity contribution >= 4 is 16.8 Å². The van der Waals surface area contributed by atoms with E-state index >= 15 is 0 Å². The topological polar surface area (TPSA) is 103 Å². The summed E-state index contributed by atoms with van der Waals surface area (Å²) in [6, 6.07) is 18.1. The number of aromatic nitrogens is 2. The van der Waals surface area contributed by atoms with Gasteiger partial charge in [-0.2, -0.15) is 5.26 Å². The van der Waals surface area contributed by atoms with Crippen molar-refractivity contribution in [1.82, 2.24) is 19.8 Å². The number of nitrogens with one attached hydrogen (secondary N) is 2. The zero-order valence-corrected chi connectivity index (χ0v) is 24.4. The molecule has 2 aromatic carbocycles. The smallest absolute Gasteiger partial charge is 0.251 e. The molecule has 1 amide bonds. The summed E-state index contributed by atoms with van der Waals surface area (Å²) in [5.74, 6) is 0.909. The highest BCUT2D eigenvalue weighted by atomic mass is 16.5. The number of fused-ring (bicyclic) bond motifs is 1. The average molecular weight is 564 g/mol. The minimum absolute atomic E-state index is 0.0809. The predicted molar refractivity (Wildman–Crippen MR) is 162 cm³/mol. The number of carbonyl (C=O) groups is 1. The fourth-order valence-corrected chi connectivity index (χ4v) is 7.02. The van der Waals surface area contributed by atoms with Gasteiger partial charge in [0.05, 0.1) is 13.2 Å². The Kier molecular flexibility index (Phi) is 7.38. The van der Waals surface area contributed by atoms with Crippen LogP contribution >= 0.6 is 0 Å². The van der Waals surface area contributed by atoms with E-state index in [1.807, 2.05) is 18.3 Å².